The van der Waals surface area contributed by atoms with Crippen LogP contribution in [0.5, 0.6) is 11.5 Å². The fourth-order valence-electron chi connectivity index (χ4n) is 4.87. The molecule has 0 radical (unpaired) electrons. The Hall–Kier alpha value is -4.38. The van der Waals surface area contributed by atoms with E-state index in [0.29, 0.717) is 30.0 Å². The standard InChI is InChI=1S/C28H27N3O7S/c1-36-22-14-19-12-13-31(27(18-8-4-3-5-9-18)21(19)15-23(22)37-2)25(32)17-38-26(33)16-29-28-20-10-6-7-11-24(20)39(34,35)30-28/h3-11,14-15,27H,12-13,16-17H2,1-2H3,(H,29,30). The van der Waals surface area contributed by atoms with E-state index >= 15 is 0 Å². The smallest absolute Gasteiger partial charge is 0.328 e. The molecule has 2 aliphatic heterocycles. The predicted molar refractivity (Wildman–Crippen MR) is 142 cm³/mol. The lowest BCUT2D eigenvalue weighted by molar-refractivity contribution is -0.151. The van der Waals surface area contributed by atoms with Crippen molar-refractivity contribution >= 4 is 27.7 Å². The first-order valence-electron chi connectivity index (χ1n) is 12.2. The minimum absolute atomic E-state index is 0.0648. The Morgan fingerprint density at radius 1 is 1.00 bits per heavy atom. The van der Waals surface area contributed by atoms with E-state index in [1.54, 1.807) is 37.3 Å². The van der Waals surface area contributed by atoms with Gasteiger partial charge in [0.1, 0.15) is 12.4 Å². The Morgan fingerprint density at radius 3 is 2.44 bits per heavy atom. The number of hydrogen-bond acceptors (Lipinski definition) is 8. The summed E-state index contributed by atoms with van der Waals surface area (Å²) < 4.78 is 43.0. The molecular formula is C28H27N3O7S. The maximum absolute atomic E-state index is 13.3. The quantitative estimate of drug-likeness (QED) is 0.449. The minimum atomic E-state index is -3.72. The number of amides is 1. The Morgan fingerprint density at radius 2 is 1.69 bits per heavy atom. The number of nitrogens with one attached hydrogen (secondary N) is 1. The van der Waals surface area contributed by atoms with Crippen molar-refractivity contribution in [1.29, 1.82) is 0 Å². The van der Waals surface area contributed by atoms with Gasteiger partial charge in [0.05, 0.1) is 25.2 Å². The number of rotatable bonds is 7. The summed E-state index contributed by atoms with van der Waals surface area (Å²) in [7, 11) is -0.578. The van der Waals surface area contributed by atoms with Crippen molar-refractivity contribution in [3.8, 4) is 11.5 Å². The van der Waals surface area contributed by atoms with Gasteiger partial charge in [-0.25, -0.2) is 8.42 Å². The van der Waals surface area contributed by atoms with Crippen LogP contribution in [0.3, 0.4) is 0 Å². The highest BCUT2D eigenvalue weighted by molar-refractivity contribution is 7.90. The van der Waals surface area contributed by atoms with Gasteiger partial charge in [-0.1, -0.05) is 42.5 Å². The number of benzene rings is 3. The van der Waals surface area contributed by atoms with E-state index in [2.05, 4.69) is 9.71 Å². The highest BCUT2D eigenvalue weighted by Crippen LogP contribution is 2.41. The second-order valence-corrected chi connectivity index (χ2v) is 10.6. The van der Waals surface area contributed by atoms with Crippen LogP contribution in [-0.4, -0.2) is 64.9 Å². The second-order valence-electron chi connectivity index (χ2n) is 8.98. The van der Waals surface area contributed by atoms with Gasteiger partial charge >= 0.3 is 5.97 Å². The maximum atomic E-state index is 13.3. The number of amidine groups is 1. The molecule has 2 aliphatic rings. The monoisotopic (exact) mass is 549 g/mol. The van der Waals surface area contributed by atoms with Crippen molar-refractivity contribution < 1.29 is 32.2 Å². The van der Waals surface area contributed by atoms with Crippen molar-refractivity contribution in [2.24, 2.45) is 4.99 Å². The van der Waals surface area contributed by atoms with Gasteiger partial charge in [0.2, 0.25) is 0 Å². The number of nitrogens with zero attached hydrogens (tertiary/aromatic N) is 2. The number of hydrogen-bond donors (Lipinski definition) is 1. The van der Waals surface area contributed by atoms with E-state index in [0.717, 1.165) is 16.7 Å². The molecule has 0 saturated carbocycles. The molecular weight excluding hydrogens is 522 g/mol. The van der Waals surface area contributed by atoms with E-state index in [9.17, 15) is 18.0 Å². The Balaban J connectivity index is 1.32. The Bertz CT molecular complexity index is 1550. The third-order valence-electron chi connectivity index (χ3n) is 6.69. The lowest BCUT2D eigenvalue weighted by Gasteiger charge is -2.38. The molecule has 0 saturated heterocycles. The van der Waals surface area contributed by atoms with Crippen molar-refractivity contribution in [3.05, 3.63) is 89.0 Å². The average Bonchev–Trinajstić information content (AvgIpc) is 3.23. The number of carbonyl (C=O) groups excluding carboxylic acids is 2. The van der Waals surface area contributed by atoms with Crippen molar-refractivity contribution in [1.82, 2.24) is 9.62 Å². The molecule has 0 aliphatic carbocycles. The van der Waals surface area contributed by atoms with Crippen LogP contribution >= 0.6 is 0 Å². The average molecular weight is 550 g/mol. The molecule has 0 aromatic heterocycles. The summed E-state index contributed by atoms with van der Waals surface area (Å²) >= 11 is 0. The number of ether oxygens (including phenoxy) is 3. The van der Waals surface area contributed by atoms with Crippen LogP contribution in [0.4, 0.5) is 0 Å². The molecule has 2 heterocycles. The Kier molecular flexibility index (Phi) is 7.25. The van der Waals surface area contributed by atoms with Gasteiger partial charge < -0.3 is 19.1 Å². The molecule has 0 spiro atoms. The van der Waals surface area contributed by atoms with Crippen LogP contribution < -0.4 is 14.2 Å². The van der Waals surface area contributed by atoms with E-state index < -0.39 is 35.2 Å². The Labute approximate surface area is 226 Å². The number of aliphatic imine (C=N–C) groups is 1. The third-order valence-corrected chi connectivity index (χ3v) is 8.09. The molecule has 1 unspecified atom stereocenters. The largest absolute Gasteiger partial charge is 0.493 e. The van der Waals surface area contributed by atoms with Crippen molar-refractivity contribution in [3.63, 3.8) is 0 Å². The molecule has 0 bridgehead atoms. The van der Waals surface area contributed by atoms with Crippen LogP contribution in [-0.2, 0) is 30.8 Å². The number of fused-ring (bicyclic) bond motifs is 2. The summed E-state index contributed by atoms with van der Waals surface area (Å²) in [6.45, 7) is -0.501. The predicted octanol–water partition coefficient (Wildman–Crippen LogP) is 2.46. The number of sulfonamides is 1. The molecule has 0 fully saturated rings. The topological polar surface area (TPSA) is 124 Å². The molecule has 202 valence electrons. The van der Waals surface area contributed by atoms with Gasteiger partial charge in [-0.2, -0.15) is 0 Å². The van der Waals surface area contributed by atoms with Crippen LogP contribution in [0.25, 0.3) is 0 Å². The van der Waals surface area contributed by atoms with E-state index in [1.165, 1.54) is 6.07 Å². The van der Waals surface area contributed by atoms with Crippen LogP contribution in [0.2, 0.25) is 0 Å². The fourth-order valence-corrected chi connectivity index (χ4v) is 6.13. The van der Waals surface area contributed by atoms with Gasteiger partial charge in [0, 0.05) is 12.1 Å². The number of esters is 1. The lowest BCUT2D eigenvalue weighted by Crippen LogP contribution is -2.42. The molecule has 1 N–H and O–H groups in total. The first-order chi connectivity index (χ1) is 18.8. The lowest BCUT2D eigenvalue weighted by atomic mass is 9.87. The van der Waals surface area contributed by atoms with Gasteiger partial charge in [-0.15, -0.1) is 0 Å². The maximum Gasteiger partial charge on any atom is 0.328 e. The molecule has 39 heavy (non-hydrogen) atoms. The van der Waals surface area contributed by atoms with Crippen LogP contribution in [0.1, 0.15) is 28.3 Å². The zero-order valence-corrected chi connectivity index (χ0v) is 22.2. The first-order valence-corrected chi connectivity index (χ1v) is 13.7. The zero-order valence-electron chi connectivity index (χ0n) is 21.4. The van der Waals surface area contributed by atoms with Crippen molar-refractivity contribution in [2.75, 3.05) is 33.9 Å². The molecule has 3 aromatic carbocycles. The number of methoxy groups -OCH3 is 2. The molecule has 3 aromatic rings. The molecule has 10 nitrogen and oxygen atoms in total. The van der Waals surface area contributed by atoms with Gasteiger partial charge in [0.25, 0.3) is 15.9 Å². The molecule has 11 heteroatoms. The molecule has 1 atom stereocenters. The summed E-state index contributed by atoms with van der Waals surface area (Å²) in [5.74, 6) is 0.124. The summed E-state index contributed by atoms with van der Waals surface area (Å²) in [5, 5.41) is 0. The van der Waals surface area contributed by atoms with Gasteiger partial charge in [0.15, 0.2) is 18.1 Å². The van der Waals surface area contributed by atoms with Crippen molar-refractivity contribution in [2.45, 2.75) is 17.4 Å². The molecule has 1 amide bonds. The highest BCUT2D eigenvalue weighted by atomic mass is 32.2. The number of carbonyl (C=O) groups is 2. The summed E-state index contributed by atoms with van der Waals surface area (Å²) in [4.78, 5) is 31.7. The van der Waals surface area contributed by atoms with E-state index in [4.69, 9.17) is 14.2 Å². The van der Waals surface area contributed by atoms with Crippen LogP contribution in [0, 0.1) is 0 Å². The molecule has 5 rings (SSSR count). The highest BCUT2D eigenvalue weighted by Gasteiger charge is 2.34. The normalized spacial score (nSPS) is 18.1. The van der Waals surface area contributed by atoms with Gasteiger partial charge in [-0.3, -0.25) is 19.3 Å². The first kappa shape index (κ1) is 26.2. The van der Waals surface area contributed by atoms with E-state index in [-0.39, 0.29) is 16.6 Å². The zero-order chi connectivity index (χ0) is 27.6. The summed E-state index contributed by atoms with van der Waals surface area (Å²) in [6.07, 6.45) is 0.589. The van der Waals surface area contributed by atoms with Gasteiger partial charge in [-0.05, 0) is 47.4 Å². The van der Waals surface area contributed by atoms with Crippen LogP contribution in [0.15, 0.2) is 76.6 Å². The SMILES string of the molecule is COc1cc2c(cc1OC)C(c1ccccc1)N(C(=O)COC(=O)CN=C1NS(=O)(=O)c3ccccc31)CC2. The summed E-state index contributed by atoms with van der Waals surface area (Å²) in [5.41, 5.74) is 3.23. The third kappa shape index (κ3) is 5.17. The van der Waals surface area contributed by atoms with E-state index in [1.807, 2.05) is 42.5 Å². The minimum Gasteiger partial charge on any atom is -0.493 e. The fraction of sp³-hybridized carbons (Fsp3) is 0.250. The second kappa shape index (κ2) is 10.8. The summed E-state index contributed by atoms with van der Waals surface area (Å²) in [6, 6.07) is 19.3.